The maximum Gasteiger partial charge on any atom is 0.129 e. The first-order chi connectivity index (χ1) is 9.27. The molecule has 98 valence electrons. The maximum absolute atomic E-state index is 6.25. The number of benzene rings is 1. The molecule has 0 aliphatic heterocycles. The van der Waals surface area contributed by atoms with Crippen LogP contribution < -0.4 is 5.73 Å². The van der Waals surface area contributed by atoms with Gasteiger partial charge in [0.25, 0.3) is 0 Å². The van der Waals surface area contributed by atoms with E-state index in [-0.39, 0.29) is 0 Å². The van der Waals surface area contributed by atoms with E-state index < -0.39 is 0 Å². The van der Waals surface area contributed by atoms with Crippen molar-refractivity contribution in [2.45, 2.75) is 25.2 Å². The highest BCUT2D eigenvalue weighted by Crippen LogP contribution is 2.64. The monoisotopic (exact) mass is 253 g/mol. The highest BCUT2D eigenvalue weighted by atomic mass is 15.3. The second-order valence-corrected chi connectivity index (χ2v) is 5.92. The molecule has 19 heavy (non-hydrogen) atoms. The number of fused-ring (bicyclic) bond motifs is 1. The maximum atomic E-state index is 6.25. The van der Waals surface area contributed by atoms with E-state index in [9.17, 15) is 0 Å². The van der Waals surface area contributed by atoms with Crippen molar-refractivity contribution in [2.24, 2.45) is 18.9 Å². The van der Waals surface area contributed by atoms with E-state index in [1.54, 1.807) is 0 Å². The van der Waals surface area contributed by atoms with Gasteiger partial charge in [0, 0.05) is 18.5 Å². The van der Waals surface area contributed by atoms with Gasteiger partial charge in [-0.25, -0.2) is 0 Å². The van der Waals surface area contributed by atoms with Gasteiger partial charge in [0.2, 0.25) is 0 Å². The Bertz CT molecular complexity index is 604. The summed E-state index contributed by atoms with van der Waals surface area (Å²) in [5, 5.41) is 4.72. The van der Waals surface area contributed by atoms with Crippen molar-refractivity contribution >= 4 is 5.82 Å². The zero-order valence-corrected chi connectivity index (χ0v) is 11.2. The largest absolute Gasteiger partial charge is 0.383 e. The van der Waals surface area contributed by atoms with E-state index in [1.807, 2.05) is 17.8 Å². The predicted octanol–water partition coefficient (Wildman–Crippen LogP) is 3.18. The van der Waals surface area contributed by atoms with Crippen LogP contribution in [0.1, 0.15) is 30.9 Å². The Morgan fingerprint density at radius 2 is 1.84 bits per heavy atom. The van der Waals surface area contributed by atoms with Gasteiger partial charge in [-0.05, 0) is 30.2 Å². The lowest BCUT2D eigenvalue weighted by molar-refractivity contribution is 0.655. The topological polar surface area (TPSA) is 43.8 Å². The third-order valence-corrected chi connectivity index (χ3v) is 4.90. The first-order valence-corrected chi connectivity index (χ1v) is 7.15. The minimum absolute atomic E-state index is 0.660. The third kappa shape index (κ3) is 1.54. The van der Waals surface area contributed by atoms with Gasteiger partial charge in [-0.15, -0.1) is 0 Å². The van der Waals surface area contributed by atoms with Gasteiger partial charge in [-0.2, -0.15) is 5.10 Å². The number of nitrogens with two attached hydrogens (primary N) is 1. The quantitative estimate of drug-likeness (QED) is 0.893. The van der Waals surface area contributed by atoms with E-state index >= 15 is 0 Å². The van der Waals surface area contributed by atoms with Gasteiger partial charge in [-0.3, -0.25) is 4.68 Å². The van der Waals surface area contributed by atoms with E-state index in [4.69, 9.17) is 10.8 Å². The van der Waals surface area contributed by atoms with Crippen LogP contribution in [-0.4, -0.2) is 9.78 Å². The number of hydrogen-bond donors (Lipinski definition) is 1. The molecule has 0 radical (unpaired) electrons. The fourth-order valence-electron chi connectivity index (χ4n) is 3.92. The third-order valence-electron chi connectivity index (χ3n) is 4.90. The van der Waals surface area contributed by atoms with Gasteiger partial charge in [0.15, 0.2) is 0 Å². The smallest absolute Gasteiger partial charge is 0.129 e. The van der Waals surface area contributed by atoms with Crippen LogP contribution in [0, 0.1) is 11.8 Å². The van der Waals surface area contributed by atoms with Crippen LogP contribution in [0.2, 0.25) is 0 Å². The van der Waals surface area contributed by atoms with E-state index in [0.29, 0.717) is 5.92 Å². The highest BCUT2D eigenvalue weighted by Gasteiger charge is 2.55. The second kappa shape index (κ2) is 3.86. The van der Waals surface area contributed by atoms with Crippen molar-refractivity contribution < 1.29 is 0 Å². The van der Waals surface area contributed by atoms with Gasteiger partial charge >= 0.3 is 0 Å². The molecule has 0 spiro atoms. The molecule has 0 bridgehead atoms. The summed E-state index contributed by atoms with van der Waals surface area (Å²) >= 11 is 0. The average Bonchev–Trinajstić information content (AvgIpc) is 2.78. The summed E-state index contributed by atoms with van der Waals surface area (Å²) in [6.07, 6.45) is 4.15. The molecule has 4 rings (SSSR count). The minimum atomic E-state index is 0.660. The Hall–Kier alpha value is -1.77. The summed E-state index contributed by atoms with van der Waals surface area (Å²) in [5.41, 5.74) is 9.86. The lowest BCUT2D eigenvalue weighted by Gasteiger charge is -2.05. The fourth-order valence-corrected chi connectivity index (χ4v) is 3.92. The molecule has 3 nitrogen and oxygen atoms in total. The van der Waals surface area contributed by atoms with E-state index in [0.717, 1.165) is 17.7 Å². The molecule has 2 aromatic rings. The first-order valence-electron chi connectivity index (χ1n) is 7.15. The molecule has 2 atom stereocenters. The van der Waals surface area contributed by atoms with Gasteiger partial charge < -0.3 is 5.73 Å². The first kappa shape index (κ1) is 11.1. The average molecular weight is 253 g/mol. The van der Waals surface area contributed by atoms with Crippen molar-refractivity contribution in [3.63, 3.8) is 0 Å². The predicted molar refractivity (Wildman–Crippen MR) is 76.6 cm³/mol. The number of aromatic nitrogens is 2. The van der Waals surface area contributed by atoms with Crippen LogP contribution in [0.25, 0.3) is 11.1 Å². The number of rotatable bonds is 2. The van der Waals surface area contributed by atoms with Crippen molar-refractivity contribution in [3.8, 4) is 11.1 Å². The molecule has 0 saturated heterocycles. The number of nitrogen functional groups attached to an aromatic ring is 1. The Kier molecular flexibility index (Phi) is 2.25. The summed E-state index contributed by atoms with van der Waals surface area (Å²) in [6.45, 7) is 0. The van der Waals surface area contributed by atoms with Gasteiger partial charge in [-0.1, -0.05) is 36.8 Å². The Morgan fingerprint density at radius 1 is 1.16 bits per heavy atom. The summed E-state index contributed by atoms with van der Waals surface area (Å²) in [7, 11) is 1.95. The fraction of sp³-hybridized carbons (Fsp3) is 0.438. The van der Waals surface area contributed by atoms with Crippen LogP contribution in [-0.2, 0) is 7.05 Å². The van der Waals surface area contributed by atoms with Crippen LogP contribution >= 0.6 is 0 Å². The Balaban J connectivity index is 1.82. The molecule has 1 aromatic heterocycles. The van der Waals surface area contributed by atoms with Crippen LogP contribution in [0.3, 0.4) is 0 Å². The zero-order valence-electron chi connectivity index (χ0n) is 11.2. The molecule has 3 heteroatoms. The standard InChI is InChI=1S/C16H19N3/c1-19-16(17)13(10-6-3-2-4-7-10)15(18-19)14-11-8-5-9-12(11)14/h2-4,6-7,11-12,14H,5,8-9,17H2,1H3. The molecule has 2 N–H and O–H groups in total. The van der Waals surface area contributed by atoms with Crippen molar-refractivity contribution in [2.75, 3.05) is 5.73 Å². The molecule has 2 fully saturated rings. The molecule has 2 unspecified atom stereocenters. The SMILES string of the molecule is Cn1nc(C2C3CCCC32)c(-c2ccccc2)c1N. The van der Waals surface area contributed by atoms with E-state index in [2.05, 4.69) is 24.3 Å². The molecule has 2 saturated carbocycles. The number of nitrogens with zero attached hydrogens (tertiary/aromatic N) is 2. The Morgan fingerprint density at radius 3 is 2.53 bits per heavy atom. The molecule has 2 aliphatic carbocycles. The number of anilines is 1. The van der Waals surface area contributed by atoms with Crippen LogP contribution in [0.15, 0.2) is 30.3 Å². The summed E-state index contributed by atoms with van der Waals surface area (Å²) in [5.74, 6) is 3.20. The highest BCUT2D eigenvalue weighted by molar-refractivity contribution is 5.77. The molecular formula is C16H19N3. The molecule has 2 aliphatic rings. The Labute approximate surface area is 113 Å². The lowest BCUT2D eigenvalue weighted by Crippen LogP contribution is -1.98. The molecule has 1 heterocycles. The zero-order chi connectivity index (χ0) is 13.0. The second-order valence-electron chi connectivity index (χ2n) is 5.92. The summed E-state index contributed by atoms with van der Waals surface area (Å²) in [6, 6.07) is 10.4. The van der Waals surface area contributed by atoms with Crippen molar-refractivity contribution in [1.82, 2.24) is 9.78 Å². The van der Waals surface area contributed by atoms with Crippen molar-refractivity contribution in [3.05, 3.63) is 36.0 Å². The van der Waals surface area contributed by atoms with Gasteiger partial charge in [0.1, 0.15) is 5.82 Å². The molecular weight excluding hydrogens is 234 g/mol. The number of aryl methyl sites for hydroxylation is 1. The molecule has 0 amide bonds. The van der Waals surface area contributed by atoms with Crippen molar-refractivity contribution in [1.29, 1.82) is 0 Å². The molecule has 1 aromatic carbocycles. The minimum Gasteiger partial charge on any atom is -0.383 e. The van der Waals surface area contributed by atoms with Gasteiger partial charge in [0.05, 0.1) is 5.69 Å². The normalized spacial score (nSPS) is 28.4. The lowest BCUT2D eigenvalue weighted by atomic mass is 9.99. The van der Waals surface area contributed by atoms with Crippen LogP contribution in [0.4, 0.5) is 5.82 Å². The van der Waals surface area contributed by atoms with Crippen LogP contribution in [0.5, 0.6) is 0 Å². The summed E-state index contributed by atoms with van der Waals surface area (Å²) < 4.78 is 1.84. The van der Waals surface area contributed by atoms with E-state index in [1.165, 1.54) is 36.1 Å². The number of hydrogen-bond acceptors (Lipinski definition) is 2. The summed E-state index contributed by atoms with van der Waals surface area (Å²) in [4.78, 5) is 0.